The molecule has 0 aliphatic heterocycles. The number of carbonyl (C=O) groups is 1. The zero-order valence-corrected chi connectivity index (χ0v) is 16.2. The van der Waals surface area contributed by atoms with Crippen LogP contribution in [0.3, 0.4) is 0 Å². The van der Waals surface area contributed by atoms with Gasteiger partial charge in [-0.15, -0.1) is 16.8 Å². The highest BCUT2D eigenvalue weighted by atomic mass is 32.2. The Morgan fingerprint density at radius 1 is 1.32 bits per heavy atom. The molecular weight excluding hydrogens is 330 g/mol. The quantitative estimate of drug-likeness (QED) is 0.408. The molecule has 2 aromatic rings. The van der Waals surface area contributed by atoms with E-state index in [0.717, 1.165) is 40.0 Å². The summed E-state index contributed by atoms with van der Waals surface area (Å²) in [5, 5.41) is 9.75. The number of Topliss-reactive ketones (excluding diaryl/α,β-unsaturated/α-hetero) is 1. The molecule has 1 fully saturated rings. The van der Waals surface area contributed by atoms with Gasteiger partial charge in [0.05, 0.1) is 0 Å². The molecule has 5 heteroatoms. The van der Waals surface area contributed by atoms with Crippen molar-refractivity contribution in [1.29, 1.82) is 0 Å². The fourth-order valence-electron chi connectivity index (χ4n) is 3.48. The first-order valence-electron chi connectivity index (χ1n) is 8.71. The lowest BCUT2D eigenvalue weighted by atomic mass is 9.92. The molecule has 1 aromatic heterocycles. The highest BCUT2D eigenvalue weighted by molar-refractivity contribution is 7.98. The molecule has 1 aliphatic carbocycles. The van der Waals surface area contributed by atoms with Crippen molar-refractivity contribution in [3.05, 3.63) is 52.4 Å². The van der Waals surface area contributed by atoms with E-state index in [1.165, 1.54) is 24.0 Å². The van der Waals surface area contributed by atoms with Crippen LogP contribution >= 0.6 is 11.8 Å². The molecule has 0 bridgehead atoms. The number of aromatic nitrogens is 3. The number of allylic oxidation sites excluding steroid dienone is 1. The minimum atomic E-state index is 0.132. The molecule has 0 unspecified atom stereocenters. The van der Waals surface area contributed by atoms with E-state index in [4.69, 9.17) is 0 Å². The van der Waals surface area contributed by atoms with Gasteiger partial charge in [-0.2, -0.15) is 0 Å². The Bertz CT molecular complexity index is 834. The number of hydrogen-bond donors (Lipinski definition) is 0. The third-order valence-electron chi connectivity index (χ3n) is 4.83. The molecule has 1 aromatic carbocycles. The average Bonchev–Trinajstić information content (AvgIpc) is 3.30. The predicted molar refractivity (Wildman–Crippen MR) is 102 cm³/mol. The van der Waals surface area contributed by atoms with Gasteiger partial charge in [-0.05, 0) is 62.8 Å². The van der Waals surface area contributed by atoms with E-state index >= 15 is 0 Å². The van der Waals surface area contributed by atoms with Crippen molar-refractivity contribution in [2.75, 3.05) is 0 Å². The van der Waals surface area contributed by atoms with Crippen LogP contribution in [-0.2, 0) is 12.3 Å². The highest BCUT2D eigenvalue weighted by Gasteiger charge is 2.30. The molecule has 0 N–H and O–H groups in total. The summed E-state index contributed by atoms with van der Waals surface area (Å²) in [5.41, 5.74) is 5.45. The molecule has 0 radical (unpaired) electrons. The van der Waals surface area contributed by atoms with Crippen LogP contribution < -0.4 is 0 Å². The van der Waals surface area contributed by atoms with E-state index < -0.39 is 0 Å². The maximum Gasteiger partial charge on any atom is 0.191 e. The van der Waals surface area contributed by atoms with Crippen molar-refractivity contribution in [1.82, 2.24) is 14.8 Å². The number of benzene rings is 1. The van der Waals surface area contributed by atoms with Gasteiger partial charge in [0.2, 0.25) is 0 Å². The molecule has 0 atom stereocenters. The zero-order chi connectivity index (χ0) is 18.1. The molecule has 25 heavy (non-hydrogen) atoms. The normalized spacial score (nSPS) is 13.9. The molecule has 3 rings (SSSR count). The van der Waals surface area contributed by atoms with Gasteiger partial charge in [0.25, 0.3) is 0 Å². The monoisotopic (exact) mass is 355 g/mol. The number of aryl methyl sites for hydroxylation is 2. The first-order chi connectivity index (χ1) is 11.9. The molecule has 0 amide bonds. The summed E-state index contributed by atoms with van der Waals surface area (Å²) < 4.78 is 2.18. The Labute approximate surface area is 153 Å². The Morgan fingerprint density at radius 2 is 2.04 bits per heavy atom. The van der Waals surface area contributed by atoms with Gasteiger partial charge in [-0.25, -0.2) is 0 Å². The fourth-order valence-corrected chi connectivity index (χ4v) is 4.62. The zero-order valence-electron chi connectivity index (χ0n) is 15.4. The van der Waals surface area contributed by atoms with Gasteiger partial charge >= 0.3 is 0 Å². The van der Waals surface area contributed by atoms with Crippen molar-refractivity contribution in [2.45, 2.75) is 63.9 Å². The van der Waals surface area contributed by atoms with E-state index in [9.17, 15) is 4.79 Å². The number of carbonyl (C=O) groups excluding carboxylic acids is 1. The first kappa shape index (κ1) is 17.9. The van der Waals surface area contributed by atoms with Gasteiger partial charge in [-0.3, -0.25) is 4.79 Å². The fraction of sp³-hybridized carbons (Fsp3) is 0.450. The van der Waals surface area contributed by atoms with Crippen molar-refractivity contribution in [2.24, 2.45) is 0 Å². The summed E-state index contributed by atoms with van der Waals surface area (Å²) in [6.45, 7) is 12.4. The maximum atomic E-state index is 12.0. The highest BCUT2D eigenvalue weighted by Crippen LogP contribution is 2.40. The second-order valence-corrected chi connectivity index (χ2v) is 7.79. The maximum absolute atomic E-state index is 12.0. The summed E-state index contributed by atoms with van der Waals surface area (Å²) >= 11 is 1.69. The van der Waals surface area contributed by atoms with Crippen LogP contribution in [0.5, 0.6) is 0 Å². The van der Waals surface area contributed by atoms with E-state index in [0.29, 0.717) is 5.92 Å². The lowest BCUT2D eigenvalue weighted by Gasteiger charge is -2.15. The Balaban J connectivity index is 1.88. The van der Waals surface area contributed by atoms with Gasteiger partial charge < -0.3 is 4.57 Å². The molecular formula is C20H25N3OS. The molecule has 4 nitrogen and oxygen atoms in total. The van der Waals surface area contributed by atoms with Crippen molar-refractivity contribution in [3.8, 4) is 0 Å². The molecule has 132 valence electrons. The second kappa shape index (κ2) is 7.16. The smallest absolute Gasteiger partial charge is 0.191 e. The van der Waals surface area contributed by atoms with Crippen LogP contribution in [0.25, 0.3) is 0 Å². The average molecular weight is 356 g/mol. The third kappa shape index (κ3) is 3.56. The van der Waals surface area contributed by atoms with Crippen molar-refractivity contribution in [3.63, 3.8) is 0 Å². The second-order valence-electron chi connectivity index (χ2n) is 6.85. The Kier molecular flexibility index (Phi) is 5.13. The molecule has 1 saturated carbocycles. The number of rotatable bonds is 7. The molecule has 0 saturated heterocycles. The molecule has 1 heterocycles. The molecule has 0 spiro atoms. The van der Waals surface area contributed by atoms with E-state index in [1.807, 2.05) is 13.0 Å². The lowest BCUT2D eigenvalue weighted by molar-refractivity contribution is 0.101. The van der Waals surface area contributed by atoms with E-state index in [-0.39, 0.29) is 5.78 Å². The van der Waals surface area contributed by atoms with Crippen LogP contribution in [0.15, 0.2) is 23.9 Å². The largest absolute Gasteiger partial charge is 0.302 e. The molecule has 1 aliphatic rings. The summed E-state index contributed by atoms with van der Waals surface area (Å²) in [5.74, 6) is 2.57. The van der Waals surface area contributed by atoms with Crippen molar-refractivity contribution < 1.29 is 4.79 Å². The van der Waals surface area contributed by atoms with E-state index in [1.54, 1.807) is 18.7 Å². The summed E-state index contributed by atoms with van der Waals surface area (Å²) in [4.78, 5) is 12.0. The van der Waals surface area contributed by atoms with Crippen LogP contribution in [-0.4, -0.2) is 20.5 Å². The number of hydrogen-bond acceptors (Lipinski definition) is 4. The van der Waals surface area contributed by atoms with Gasteiger partial charge in [-0.1, -0.05) is 23.9 Å². The number of nitrogens with zero attached hydrogens (tertiary/aromatic N) is 3. The van der Waals surface area contributed by atoms with Crippen LogP contribution in [0, 0.1) is 20.8 Å². The Hall–Kier alpha value is -1.88. The van der Waals surface area contributed by atoms with Crippen LogP contribution in [0.1, 0.15) is 64.1 Å². The summed E-state index contributed by atoms with van der Waals surface area (Å²) in [6.07, 6.45) is 4.31. The minimum absolute atomic E-state index is 0.132. The van der Waals surface area contributed by atoms with Gasteiger partial charge in [0, 0.05) is 23.8 Å². The van der Waals surface area contributed by atoms with Gasteiger partial charge in [0.15, 0.2) is 10.9 Å². The van der Waals surface area contributed by atoms with Crippen LogP contribution in [0.4, 0.5) is 0 Å². The van der Waals surface area contributed by atoms with Crippen molar-refractivity contribution >= 4 is 17.5 Å². The number of ketones is 1. The standard InChI is InChI=1S/C20H25N3OS/c1-6-9-23-19(16-7-8-16)21-22-20(23)25-11-17-12(2)10-13(3)18(14(17)4)15(5)24/h6,10,16H,1,7-9,11H2,2-5H3. The van der Waals surface area contributed by atoms with Crippen LogP contribution in [0.2, 0.25) is 0 Å². The van der Waals surface area contributed by atoms with E-state index in [2.05, 4.69) is 41.3 Å². The van der Waals surface area contributed by atoms with Gasteiger partial charge in [0.1, 0.15) is 5.82 Å². The minimum Gasteiger partial charge on any atom is -0.302 e. The lowest BCUT2D eigenvalue weighted by Crippen LogP contribution is -2.06. The summed E-state index contributed by atoms with van der Waals surface area (Å²) in [7, 11) is 0. The predicted octanol–water partition coefficient (Wildman–Crippen LogP) is 4.76. The third-order valence-corrected chi connectivity index (χ3v) is 5.82. The first-order valence-corrected chi connectivity index (χ1v) is 9.70. The topological polar surface area (TPSA) is 47.8 Å². The number of thioether (sulfide) groups is 1. The SMILES string of the molecule is C=CCn1c(SCc2c(C)cc(C)c(C(C)=O)c2C)nnc1C1CC1. The Morgan fingerprint density at radius 3 is 2.64 bits per heavy atom. The summed E-state index contributed by atoms with van der Waals surface area (Å²) in [6, 6.07) is 2.11.